The van der Waals surface area contributed by atoms with Crippen molar-refractivity contribution < 1.29 is 19.7 Å². The molecule has 156 valence electrons. The van der Waals surface area contributed by atoms with Crippen molar-refractivity contribution in [1.29, 1.82) is 0 Å². The lowest BCUT2D eigenvalue weighted by Crippen LogP contribution is -2.00. The summed E-state index contributed by atoms with van der Waals surface area (Å²) in [4.78, 5) is 12.0. The molecule has 0 atom stereocenters. The molecule has 0 aromatic heterocycles. The number of methoxy groups -OCH3 is 1. The standard InChI is InChI=1S/C28H20O4/c1-32-28(31)20-11-13-22-19(15-20)12-14-24(29)25(22)26-21-10-6-5-9-18(21)16-23(27(26)30)17-7-3-2-4-8-17/h2-16,29-30H,1H3. The second-order valence-corrected chi connectivity index (χ2v) is 7.62. The van der Waals surface area contributed by atoms with Gasteiger partial charge in [0.1, 0.15) is 11.5 Å². The van der Waals surface area contributed by atoms with Crippen LogP contribution in [0.25, 0.3) is 43.8 Å². The number of hydrogen-bond acceptors (Lipinski definition) is 4. The van der Waals surface area contributed by atoms with Crippen molar-refractivity contribution in [3.63, 3.8) is 0 Å². The number of ether oxygens (including phenoxy) is 1. The second kappa shape index (κ2) is 7.75. The van der Waals surface area contributed by atoms with E-state index in [1.807, 2.05) is 60.7 Å². The zero-order valence-electron chi connectivity index (χ0n) is 17.4. The molecule has 4 heteroatoms. The topological polar surface area (TPSA) is 66.8 Å². The summed E-state index contributed by atoms with van der Waals surface area (Å²) in [5.74, 6) is -0.287. The monoisotopic (exact) mass is 420 g/mol. The minimum atomic E-state index is -0.430. The van der Waals surface area contributed by atoms with Gasteiger partial charge in [0.05, 0.1) is 12.7 Å². The molecule has 0 unspecified atom stereocenters. The number of phenolic OH excluding ortho intramolecular Hbond substituents is 2. The molecule has 0 aliphatic rings. The Bertz CT molecular complexity index is 1490. The van der Waals surface area contributed by atoms with E-state index in [1.54, 1.807) is 30.3 Å². The van der Waals surface area contributed by atoms with Crippen molar-refractivity contribution in [2.24, 2.45) is 0 Å². The summed E-state index contributed by atoms with van der Waals surface area (Å²) in [7, 11) is 1.34. The maximum atomic E-state index is 12.0. The van der Waals surface area contributed by atoms with Crippen LogP contribution < -0.4 is 0 Å². The van der Waals surface area contributed by atoms with Gasteiger partial charge in [-0.05, 0) is 51.4 Å². The smallest absolute Gasteiger partial charge is 0.337 e. The average Bonchev–Trinajstić information content (AvgIpc) is 2.84. The summed E-state index contributed by atoms with van der Waals surface area (Å²) in [6.07, 6.45) is 0. The average molecular weight is 420 g/mol. The highest BCUT2D eigenvalue weighted by Crippen LogP contribution is 2.48. The van der Waals surface area contributed by atoms with E-state index in [4.69, 9.17) is 4.74 Å². The number of benzene rings is 5. The maximum Gasteiger partial charge on any atom is 0.337 e. The summed E-state index contributed by atoms with van der Waals surface area (Å²) >= 11 is 0. The normalized spacial score (nSPS) is 11.0. The largest absolute Gasteiger partial charge is 0.507 e. The SMILES string of the molecule is COC(=O)c1ccc2c(-c3c(O)c(-c4ccccc4)cc4ccccc34)c(O)ccc2c1. The predicted molar refractivity (Wildman–Crippen MR) is 127 cm³/mol. The molecule has 0 aliphatic heterocycles. The van der Waals surface area contributed by atoms with Crippen LogP contribution in [0.1, 0.15) is 10.4 Å². The Balaban J connectivity index is 1.88. The number of aromatic hydroxyl groups is 2. The van der Waals surface area contributed by atoms with Gasteiger partial charge in [0.15, 0.2) is 0 Å². The van der Waals surface area contributed by atoms with E-state index in [1.165, 1.54) is 7.11 Å². The van der Waals surface area contributed by atoms with Crippen LogP contribution in [0.15, 0.2) is 91.0 Å². The Labute approximate surface area is 185 Å². The molecule has 0 radical (unpaired) electrons. The van der Waals surface area contributed by atoms with Crippen LogP contribution in [0.3, 0.4) is 0 Å². The summed E-state index contributed by atoms with van der Waals surface area (Å²) in [5.41, 5.74) is 3.05. The van der Waals surface area contributed by atoms with Crippen molar-refractivity contribution in [3.05, 3.63) is 96.6 Å². The van der Waals surface area contributed by atoms with Crippen LogP contribution >= 0.6 is 0 Å². The fourth-order valence-electron chi connectivity index (χ4n) is 4.25. The third kappa shape index (κ3) is 3.13. The molecule has 5 rings (SSSR count). The number of hydrogen-bond donors (Lipinski definition) is 2. The van der Waals surface area contributed by atoms with E-state index in [9.17, 15) is 15.0 Å². The molecule has 0 heterocycles. The van der Waals surface area contributed by atoms with E-state index < -0.39 is 5.97 Å². The Kier molecular flexibility index (Phi) is 4.75. The van der Waals surface area contributed by atoms with Gasteiger partial charge in [-0.1, -0.05) is 66.7 Å². The molecule has 4 nitrogen and oxygen atoms in total. The van der Waals surface area contributed by atoms with Gasteiger partial charge >= 0.3 is 5.97 Å². The molecule has 0 saturated carbocycles. The van der Waals surface area contributed by atoms with Crippen LogP contribution in [0.2, 0.25) is 0 Å². The third-order valence-corrected chi connectivity index (χ3v) is 5.78. The summed E-state index contributed by atoms with van der Waals surface area (Å²) in [5, 5.41) is 25.7. The highest BCUT2D eigenvalue weighted by atomic mass is 16.5. The van der Waals surface area contributed by atoms with Crippen molar-refractivity contribution in [1.82, 2.24) is 0 Å². The highest BCUT2D eigenvalue weighted by Gasteiger charge is 2.21. The molecular weight excluding hydrogens is 400 g/mol. The van der Waals surface area contributed by atoms with Gasteiger partial charge in [0, 0.05) is 16.7 Å². The van der Waals surface area contributed by atoms with Gasteiger partial charge < -0.3 is 14.9 Å². The molecule has 2 N–H and O–H groups in total. The molecule has 5 aromatic carbocycles. The first-order valence-electron chi connectivity index (χ1n) is 10.2. The highest BCUT2D eigenvalue weighted by molar-refractivity contribution is 6.12. The quantitative estimate of drug-likeness (QED) is 0.326. The van der Waals surface area contributed by atoms with Crippen LogP contribution in [0.4, 0.5) is 0 Å². The van der Waals surface area contributed by atoms with Gasteiger partial charge in [-0.25, -0.2) is 4.79 Å². The lowest BCUT2D eigenvalue weighted by molar-refractivity contribution is 0.0601. The Morgan fingerprint density at radius 3 is 2.19 bits per heavy atom. The lowest BCUT2D eigenvalue weighted by Gasteiger charge is -2.17. The minimum Gasteiger partial charge on any atom is -0.507 e. The lowest BCUT2D eigenvalue weighted by atomic mass is 9.88. The predicted octanol–water partition coefficient (Wildman–Crippen LogP) is 6.52. The van der Waals surface area contributed by atoms with Gasteiger partial charge in [0.2, 0.25) is 0 Å². The van der Waals surface area contributed by atoms with Crippen molar-refractivity contribution in [2.45, 2.75) is 0 Å². The van der Waals surface area contributed by atoms with Crippen molar-refractivity contribution in [3.8, 4) is 33.8 Å². The number of phenols is 2. The zero-order valence-corrected chi connectivity index (χ0v) is 17.4. The summed E-state index contributed by atoms with van der Waals surface area (Å²) in [6.45, 7) is 0. The number of carbonyl (C=O) groups is 1. The summed E-state index contributed by atoms with van der Waals surface area (Å²) in [6, 6.07) is 27.9. The Hall–Kier alpha value is -4.31. The van der Waals surface area contributed by atoms with Crippen molar-refractivity contribution in [2.75, 3.05) is 7.11 Å². The van der Waals surface area contributed by atoms with E-state index in [0.717, 1.165) is 27.1 Å². The van der Waals surface area contributed by atoms with Crippen LogP contribution in [-0.4, -0.2) is 23.3 Å². The van der Waals surface area contributed by atoms with Crippen LogP contribution in [0.5, 0.6) is 11.5 Å². The molecule has 0 bridgehead atoms. The molecule has 0 aliphatic carbocycles. The number of fused-ring (bicyclic) bond motifs is 2. The number of rotatable bonds is 3. The van der Waals surface area contributed by atoms with Crippen molar-refractivity contribution >= 4 is 27.5 Å². The van der Waals surface area contributed by atoms with E-state index >= 15 is 0 Å². The Morgan fingerprint density at radius 1 is 0.719 bits per heavy atom. The van der Waals surface area contributed by atoms with Gasteiger partial charge in [-0.15, -0.1) is 0 Å². The maximum absolute atomic E-state index is 12.0. The molecule has 0 fully saturated rings. The van der Waals surface area contributed by atoms with E-state index in [0.29, 0.717) is 22.3 Å². The molecule has 32 heavy (non-hydrogen) atoms. The van der Waals surface area contributed by atoms with E-state index in [-0.39, 0.29) is 11.5 Å². The summed E-state index contributed by atoms with van der Waals surface area (Å²) < 4.78 is 4.84. The minimum absolute atomic E-state index is 0.0500. The molecule has 5 aromatic rings. The molecule has 0 amide bonds. The van der Waals surface area contributed by atoms with Crippen LogP contribution in [0, 0.1) is 0 Å². The molecular formula is C28H20O4. The third-order valence-electron chi connectivity index (χ3n) is 5.78. The first-order valence-corrected chi connectivity index (χ1v) is 10.2. The number of esters is 1. The first-order chi connectivity index (χ1) is 15.6. The molecule has 0 spiro atoms. The fourth-order valence-corrected chi connectivity index (χ4v) is 4.25. The number of carbonyl (C=O) groups excluding carboxylic acids is 1. The van der Waals surface area contributed by atoms with Gasteiger partial charge in [-0.3, -0.25) is 0 Å². The van der Waals surface area contributed by atoms with Gasteiger partial charge in [-0.2, -0.15) is 0 Å². The Morgan fingerprint density at radius 2 is 1.41 bits per heavy atom. The second-order valence-electron chi connectivity index (χ2n) is 7.62. The van der Waals surface area contributed by atoms with Gasteiger partial charge in [0.25, 0.3) is 0 Å². The zero-order chi connectivity index (χ0) is 22.2. The molecule has 0 saturated heterocycles. The van der Waals surface area contributed by atoms with E-state index in [2.05, 4.69) is 0 Å². The first kappa shape index (κ1) is 19.6. The fraction of sp³-hybridized carbons (Fsp3) is 0.0357. The van der Waals surface area contributed by atoms with Crippen LogP contribution in [-0.2, 0) is 4.74 Å².